The van der Waals surface area contributed by atoms with Gasteiger partial charge in [0.25, 0.3) is 5.56 Å². The summed E-state index contributed by atoms with van der Waals surface area (Å²) in [5.74, 6) is 0.407. The molecule has 1 aromatic heterocycles. The molecule has 0 atom stereocenters. The predicted octanol–water partition coefficient (Wildman–Crippen LogP) is 1.15. The molecule has 0 aliphatic rings. The second-order valence-electron chi connectivity index (χ2n) is 3.05. The van der Waals surface area contributed by atoms with Gasteiger partial charge in [0, 0.05) is 19.3 Å². The van der Waals surface area contributed by atoms with Crippen molar-refractivity contribution in [3.63, 3.8) is 0 Å². The van der Waals surface area contributed by atoms with Gasteiger partial charge in [0.2, 0.25) is 0 Å². The lowest BCUT2D eigenvalue weighted by Crippen LogP contribution is -2.25. The SMILES string of the molecule is CNn1ccc(C(C)C)cc1=O. The summed E-state index contributed by atoms with van der Waals surface area (Å²) in [6.45, 7) is 4.14. The molecule has 0 aliphatic carbocycles. The Morgan fingerprint density at radius 2 is 2.17 bits per heavy atom. The first-order valence-corrected chi connectivity index (χ1v) is 4.05. The maximum absolute atomic E-state index is 11.3. The van der Waals surface area contributed by atoms with E-state index in [-0.39, 0.29) is 5.56 Å². The van der Waals surface area contributed by atoms with E-state index in [1.807, 2.05) is 6.07 Å². The Bertz CT molecular complexity index is 315. The Labute approximate surface area is 72.0 Å². The molecular weight excluding hydrogens is 152 g/mol. The number of pyridine rings is 1. The molecule has 3 heteroatoms. The van der Waals surface area contributed by atoms with E-state index in [0.29, 0.717) is 5.92 Å². The van der Waals surface area contributed by atoms with E-state index in [4.69, 9.17) is 0 Å². The smallest absolute Gasteiger partial charge is 0.269 e. The maximum Gasteiger partial charge on any atom is 0.269 e. The van der Waals surface area contributed by atoms with Gasteiger partial charge in [0.05, 0.1) is 0 Å². The van der Waals surface area contributed by atoms with Gasteiger partial charge in [0.1, 0.15) is 0 Å². The number of nitrogens with zero attached hydrogens (tertiary/aromatic N) is 1. The number of aromatic nitrogens is 1. The summed E-state index contributed by atoms with van der Waals surface area (Å²) in [6, 6.07) is 3.60. The highest BCUT2D eigenvalue weighted by Crippen LogP contribution is 2.09. The summed E-state index contributed by atoms with van der Waals surface area (Å²) in [4.78, 5) is 11.3. The van der Waals surface area contributed by atoms with E-state index in [0.717, 1.165) is 5.56 Å². The molecule has 12 heavy (non-hydrogen) atoms. The first-order valence-electron chi connectivity index (χ1n) is 4.05. The van der Waals surface area contributed by atoms with E-state index in [1.54, 1.807) is 19.3 Å². The second-order valence-corrected chi connectivity index (χ2v) is 3.05. The van der Waals surface area contributed by atoms with Gasteiger partial charge in [-0.3, -0.25) is 4.79 Å². The zero-order valence-electron chi connectivity index (χ0n) is 7.66. The Morgan fingerprint density at radius 1 is 1.50 bits per heavy atom. The maximum atomic E-state index is 11.3. The van der Waals surface area contributed by atoms with Crippen LogP contribution in [0.2, 0.25) is 0 Å². The number of hydrogen-bond donors (Lipinski definition) is 1. The summed E-state index contributed by atoms with van der Waals surface area (Å²) in [5.41, 5.74) is 3.83. The molecule has 0 amide bonds. The molecule has 0 spiro atoms. The van der Waals surface area contributed by atoms with Gasteiger partial charge < -0.3 is 5.43 Å². The first-order chi connectivity index (χ1) is 5.65. The number of hydrogen-bond acceptors (Lipinski definition) is 2. The lowest BCUT2D eigenvalue weighted by Gasteiger charge is -2.07. The quantitative estimate of drug-likeness (QED) is 0.715. The van der Waals surface area contributed by atoms with E-state index in [9.17, 15) is 4.79 Å². The summed E-state index contributed by atoms with van der Waals surface area (Å²) < 4.78 is 1.45. The fourth-order valence-electron chi connectivity index (χ4n) is 1.04. The third-order valence-corrected chi connectivity index (χ3v) is 1.85. The van der Waals surface area contributed by atoms with Crippen LogP contribution in [-0.2, 0) is 0 Å². The van der Waals surface area contributed by atoms with Crippen molar-refractivity contribution in [1.82, 2.24) is 4.68 Å². The van der Waals surface area contributed by atoms with E-state index in [1.165, 1.54) is 4.68 Å². The van der Waals surface area contributed by atoms with Gasteiger partial charge in [-0.25, -0.2) is 4.68 Å². The minimum atomic E-state index is -0.0105. The van der Waals surface area contributed by atoms with Crippen LogP contribution in [-0.4, -0.2) is 11.7 Å². The minimum absolute atomic E-state index is 0.0105. The molecule has 0 saturated heterocycles. The van der Waals surface area contributed by atoms with E-state index >= 15 is 0 Å². The van der Waals surface area contributed by atoms with Crippen molar-refractivity contribution < 1.29 is 0 Å². The van der Waals surface area contributed by atoms with Gasteiger partial charge >= 0.3 is 0 Å². The van der Waals surface area contributed by atoms with Gasteiger partial charge in [-0.15, -0.1) is 0 Å². The Balaban J connectivity index is 3.11. The topological polar surface area (TPSA) is 34.0 Å². The normalized spacial score (nSPS) is 10.3. The Kier molecular flexibility index (Phi) is 2.53. The molecule has 1 aromatic rings. The zero-order valence-corrected chi connectivity index (χ0v) is 7.66. The fourth-order valence-corrected chi connectivity index (χ4v) is 1.04. The molecule has 1 heterocycles. The highest BCUT2D eigenvalue weighted by atomic mass is 16.1. The van der Waals surface area contributed by atoms with Crippen molar-refractivity contribution in [3.05, 3.63) is 34.2 Å². The molecule has 0 fully saturated rings. The van der Waals surface area contributed by atoms with Crippen LogP contribution < -0.4 is 11.0 Å². The first kappa shape index (κ1) is 8.84. The van der Waals surface area contributed by atoms with Gasteiger partial charge in [0.15, 0.2) is 0 Å². The molecule has 0 radical (unpaired) electrons. The molecule has 0 aliphatic heterocycles. The average molecular weight is 166 g/mol. The van der Waals surface area contributed by atoms with Crippen LogP contribution in [0.3, 0.4) is 0 Å². The monoisotopic (exact) mass is 166 g/mol. The van der Waals surface area contributed by atoms with Crippen molar-refractivity contribution in [2.75, 3.05) is 12.5 Å². The molecule has 3 nitrogen and oxygen atoms in total. The minimum Gasteiger partial charge on any atom is -0.326 e. The second kappa shape index (κ2) is 3.43. The molecule has 0 saturated carbocycles. The standard InChI is InChI=1S/C9H14N2O/c1-7(2)8-4-5-11(10-3)9(12)6-8/h4-7,10H,1-3H3. The molecule has 0 bridgehead atoms. The zero-order chi connectivity index (χ0) is 9.14. The van der Waals surface area contributed by atoms with E-state index < -0.39 is 0 Å². The Hall–Kier alpha value is -1.25. The van der Waals surface area contributed by atoms with Crippen LogP contribution in [0, 0.1) is 0 Å². The third-order valence-electron chi connectivity index (χ3n) is 1.85. The van der Waals surface area contributed by atoms with Crippen LogP contribution in [0.1, 0.15) is 25.3 Å². The highest BCUT2D eigenvalue weighted by molar-refractivity contribution is 5.15. The summed E-state index contributed by atoms with van der Waals surface area (Å²) in [6.07, 6.45) is 1.75. The molecule has 0 aromatic carbocycles. The number of rotatable bonds is 2. The van der Waals surface area contributed by atoms with Crippen molar-refractivity contribution in [1.29, 1.82) is 0 Å². The van der Waals surface area contributed by atoms with E-state index in [2.05, 4.69) is 19.3 Å². The van der Waals surface area contributed by atoms with Crippen molar-refractivity contribution in [3.8, 4) is 0 Å². The lowest BCUT2D eigenvalue weighted by atomic mass is 10.1. The predicted molar refractivity (Wildman–Crippen MR) is 50.1 cm³/mol. The summed E-state index contributed by atoms with van der Waals surface area (Å²) >= 11 is 0. The fraction of sp³-hybridized carbons (Fsp3) is 0.444. The van der Waals surface area contributed by atoms with Crippen LogP contribution in [0.15, 0.2) is 23.1 Å². The number of nitrogens with one attached hydrogen (secondary N) is 1. The van der Waals surface area contributed by atoms with Crippen molar-refractivity contribution in [2.24, 2.45) is 0 Å². The highest BCUT2D eigenvalue weighted by Gasteiger charge is 2.00. The van der Waals surface area contributed by atoms with Gasteiger partial charge in [-0.1, -0.05) is 13.8 Å². The molecule has 1 rings (SSSR count). The molecule has 1 N–H and O–H groups in total. The Morgan fingerprint density at radius 3 is 2.58 bits per heavy atom. The third kappa shape index (κ3) is 1.67. The van der Waals surface area contributed by atoms with Gasteiger partial charge in [-0.2, -0.15) is 0 Å². The summed E-state index contributed by atoms with van der Waals surface area (Å²) in [5, 5.41) is 0. The van der Waals surface area contributed by atoms with Crippen molar-refractivity contribution >= 4 is 0 Å². The average Bonchev–Trinajstić information content (AvgIpc) is 2.04. The van der Waals surface area contributed by atoms with Crippen LogP contribution >= 0.6 is 0 Å². The molecule has 66 valence electrons. The summed E-state index contributed by atoms with van der Waals surface area (Å²) in [7, 11) is 1.72. The molecular formula is C9H14N2O. The van der Waals surface area contributed by atoms with Crippen LogP contribution in [0.25, 0.3) is 0 Å². The lowest BCUT2D eigenvalue weighted by molar-refractivity contribution is 0.820. The van der Waals surface area contributed by atoms with Crippen LogP contribution in [0.5, 0.6) is 0 Å². The van der Waals surface area contributed by atoms with Gasteiger partial charge in [-0.05, 0) is 17.5 Å². The molecule has 0 unspecified atom stereocenters. The van der Waals surface area contributed by atoms with Crippen LogP contribution in [0.4, 0.5) is 0 Å². The largest absolute Gasteiger partial charge is 0.326 e. The van der Waals surface area contributed by atoms with Crippen molar-refractivity contribution in [2.45, 2.75) is 19.8 Å².